The molecule has 9 nitrogen and oxygen atoms in total. The van der Waals surface area contributed by atoms with Gasteiger partial charge in [-0.1, -0.05) is 30.3 Å². The van der Waals surface area contributed by atoms with Crippen LogP contribution in [-0.2, 0) is 14.8 Å². The van der Waals surface area contributed by atoms with Gasteiger partial charge in [0.25, 0.3) is 5.91 Å². The van der Waals surface area contributed by atoms with Crippen LogP contribution in [0.15, 0.2) is 53.4 Å². The second kappa shape index (κ2) is 9.23. The first-order valence-electron chi connectivity index (χ1n) is 9.55. The fourth-order valence-electron chi connectivity index (χ4n) is 3.25. The van der Waals surface area contributed by atoms with Gasteiger partial charge in [0.2, 0.25) is 10.0 Å². The number of amides is 1. The van der Waals surface area contributed by atoms with Crippen LogP contribution in [0.4, 0.5) is 5.69 Å². The first-order valence-corrected chi connectivity index (χ1v) is 11.0. The highest BCUT2D eigenvalue weighted by atomic mass is 32.2. The van der Waals surface area contributed by atoms with Gasteiger partial charge in [0, 0.05) is 19.2 Å². The third-order valence-electron chi connectivity index (χ3n) is 4.87. The topological polar surface area (TPSA) is 119 Å². The third kappa shape index (κ3) is 4.95. The molecule has 0 aromatic heterocycles. The van der Waals surface area contributed by atoms with E-state index >= 15 is 0 Å². The number of ether oxygens (including phenoxy) is 1. The van der Waals surface area contributed by atoms with Crippen LogP contribution in [0.3, 0.4) is 0 Å². The van der Waals surface area contributed by atoms with E-state index in [2.05, 4.69) is 5.32 Å². The van der Waals surface area contributed by atoms with Crippen LogP contribution in [-0.4, -0.2) is 43.2 Å². The SMILES string of the molecule is C[C@H](NC(=O)COc1ccc(S(=O)(=O)N2CCCC2)cc1[N+](=O)[O-])c1ccccc1. The standard InChI is InChI=1S/C20H23N3O6S/c1-15(16-7-3-2-4-8-16)21-20(24)14-29-19-10-9-17(13-18(19)23(25)26)30(27,28)22-11-5-6-12-22/h2-4,7-10,13,15H,5-6,11-12,14H2,1H3,(H,21,24)/t15-/m0/s1. The molecule has 160 valence electrons. The highest BCUT2D eigenvalue weighted by Crippen LogP contribution is 2.31. The van der Waals surface area contributed by atoms with E-state index < -0.39 is 33.1 Å². The zero-order valence-corrected chi connectivity index (χ0v) is 17.3. The lowest BCUT2D eigenvalue weighted by Crippen LogP contribution is -2.31. The molecule has 1 aliphatic heterocycles. The number of nitro benzene ring substituents is 1. The predicted molar refractivity (Wildman–Crippen MR) is 110 cm³/mol. The van der Waals surface area contributed by atoms with Gasteiger partial charge in [-0.05, 0) is 37.5 Å². The van der Waals surface area contributed by atoms with Crippen molar-refractivity contribution in [3.05, 3.63) is 64.2 Å². The Labute approximate surface area is 174 Å². The molecule has 1 aliphatic rings. The van der Waals surface area contributed by atoms with Crippen LogP contribution in [0.1, 0.15) is 31.4 Å². The number of nitro groups is 1. The van der Waals surface area contributed by atoms with Crippen LogP contribution in [0.5, 0.6) is 5.75 Å². The highest BCUT2D eigenvalue weighted by molar-refractivity contribution is 7.89. The fraction of sp³-hybridized carbons (Fsp3) is 0.350. The van der Waals surface area contributed by atoms with E-state index in [1.54, 1.807) is 0 Å². The molecule has 1 N–H and O–H groups in total. The summed E-state index contributed by atoms with van der Waals surface area (Å²) in [7, 11) is -3.80. The van der Waals surface area contributed by atoms with Crippen LogP contribution < -0.4 is 10.1 Å². The summed E-state index contributed by atoms with van der Waals surface area (Å²) in [5.41, 5.74) is 0.410. The number of carbonyl (C=O) groups excluding carboxylic acids is 1. The van der Waals surface area contributed by atoms with Gasteiger partial charge in [0.15, 0.2) is 12.4 Å². The van der Waals surface area contributed by atoms with Crippen molar-refractivity contribution in [3.63, 3.8) is 0 Å². The Morgan fingerprint density at radius 3 is 2.50 bits per heavy atom. The number of carbonyl (C=O) groups is 1. The van der Waals surface area contributed by atoms with Gasteiger partial charge in [-0.15, -0.1) is 0 Å². The van der Waals surface area contributed by atoms with Gasteiger partial charge in [-0.2, -0.15) is 4.31 Å². The molecule has 0 unspecified atom stereocenters. The summed E-state index contributed by atoms with van der Waals surface area (Å²) in [6.07, 6.45) is 1.53. The second-order valence-corrected chi connectivity index (χ2v) is 8.92. The first kappa shape index (κ1) is 21.7. The number of nitrogens with one attached hydrogen (secondary N) is 1. The Morgan fingerprint density at radius 1 is 1.20 bits per heavy atom. The van der Waals surface area contributed by atoms with E-state index in [-0.39, 0.29) is 16.7 Å². The molecule has 2 aromatic carbocycles. The highest BCUT2D eigenvalue weighted by Gasteiger charge is 2.30. The minimum atomic E-state index is -3.80. The van der Waals surface area contributed by atoms with E-state index in [4.69, 9.17) is 4.74 Å². The summed E-state index contributed by atoms with van der Waals surface area (Å²) in [6, 6.07) is 12.5. The Morgan fingerprint density at radius 2 is 1.87 bits per heavy atom. The number of sulfonamides is 1. The van der Waals surface area contributed by atoms with Crippen molar-refractivity contribution < 1.29 is 22.9 Å². The molecule has 1 fully saturated rings. The molecule has 2 aromatic rings. The number of benzene rings is 2. The summed E-state index contributed by atoms with van der Waals surface area (Å²) in [6.45, 7) is 2.17. The fourth-order valence-corrected chi connectivity index (χ4v) is 4.79. The summed E-state index contributed by atoms with van der Waals surface area (Å²) in [4.78, 5) is 22.7. The average molecular weight is 433 g/mol. The van der Waals surface area contributed by atoms with Crippen molar-refractivity contribution >= 4 is 21.6 Å². The molecule has 0 radical (unpaired) electrons. The maximum Gasteiger partial charge on any atom is 0.312 e. The zero-order chi connectivity index (χ0) is 21.7. The Hall–Kier alpha value is -2.98. The minimum Gasteiger partial charge on any atom is -0.477 e. The summed E-state index contributed by atoms with van der Waals surface area (Å²) >= 11 is 0. The summed E-state index contributed by atoms with van der Waals surface area (Å²) < 4.78 is 31.9. The zero-order valence-electron chi connectivity index (χ0n) is 16.5. The maximum atomic E-state index is 12.6. The maximum absolute atomic E-state index is 12.6. The van der Waals surface area contributed by atoms with Crippen molar-refractivity contribution in [1.29, 1.82) is 0 Å². The molecule has 10 heteroatoms. The van der Waals surface area contributed by atoms with Gasteiger partial charge in [0.05, 0.1) is 15.9 Å². The number of hydrogen-bond donors (Lipinski definition) is 1. The molecule has 1 amide bonds. The molecule has 0 saturated carbocycles. The van der Waals surface area contributed by atoms with Crippen molar-refractivity contribution in [2.75, 3.05) is 19.7 Å². The first-order chi connectivity index (χ1) is 14.3. The summed E-state index contributed by atoms with van der Waals surface area (Å²) in [5.74, 6) is -0.614. The quantitative estimate of drug-likeness (QED) is 0.505. The van der Waals surface area contributed by atoms with Crippen LogP contribution in [0.25, 0.3) is 0 Å². The third-order valence-corrected chi connectivity index (χ3v) is 6.76. The molecule has 3 rings (SSSR count). The van der Waals surface area contributed by atoms with Crippen LogP contribution in [0.2, 0.25) is 0 Å². The Balaban J connectivity index is 1.70. The number of nitrogens with zero attached hydrogens (tertiary/aromatic N) is 2. The van der Waals surface area contributed by atoms with Crippen molar-refractivity contribution in [3.8, 4) is 5.75 Å². The smallest absolute Gasteiger partial charge is 0.312 e. The van der Waals surface area contributed by atoms with Crippen LogP contribution in [0, 0.1) is 10.1 Å². The molecule has 30 heavy (non-hydrogen) atoms. The van der Waals surface area contributed by atoms with E-state index in [1.165, 1.54) is 16.4 Å². The molecule has 1 atom stereocenters. The summed E-state index contributed by atoms with van der Waals surface area (Å²) in [5, 5.41) is 14.2. The second-order valence-electron chi connectivity index (χ2n) is 6.99. The number of rotatable bonds is 8. The predicted octanol–water partition coefficient (Wildman–Crippen LogP) is 2.64. The monoisotopic (exact) mass is 433 g/mol. The van der Waals surface area contributed by atoms with Gasteiger partial charge in [-0.25, -0.2) is 8.42 Å². The molecule has 0 bridgehead atoms. The van der Waals surface area contributed by atoms with Gasteiger partial charge < -0.3 is 10.1 Å². The minimum absolute atomic E-state index is 0.161. The normalized spacial score (nSPS) is 15.5. The van der Waals surface area contributed by atoms with Gasteiger partial charge >= 0.3 is 5.69 Å². The largest absolute Gasteiger partial charge is 0.477 e. The molecule has 1 heterocycles. The van der Waals surface area contributed by atoms with E-state index in [9.17, 15) is 23.3 Å². The lowest BCUT2D eigenvalue weighted by atomic mass is 10.1. The lowest BCUT2D eigenvalue weighted by Gasteiger charge is -2.16. The average Bonchev–Trinajstić information content (AvgIpc) is 3.28. The molecular formula is C20H23N3O6S. The van der Waals surface area contributed by atoms with Gasteiger partial charge in [0.1, 0.15) is 0 Å². The molecular weight excluding hydrogens is 410 g/mol. The van der Waals surface area contributed by atoms with Crippen molar-refractivity contribution in [1.82, 2.24) is 9.62 Å². The van der Waals surface area contributed by atoms with Gasteiger partial charge in [-0.3, -0.25) is 14.9 Å². The lowest BCUT2D eigenvalue weighted by molar-refractivity contribution is -0.386. The van der Waals surface area contributed by atoms with E-state index in [0.29, 0.717) is 13.1 Å². The molecule has 0 spiro atoms. The van der Waals surface area contributed by atoms with E-state index in [1.807, 2.05) is 37.3 Å². The van der Waals surface area contributed by atoms with Crippen LogP contribution >= 0.6 is 0 Å². The Bertz CT molecular complexity index is 1020. The number of hydrogen-bond acceptors (Lipinski definition) is 6. The van der Waals surface area contributed by atoms with Crippen molar-refractivity contribution in [2.45, 2.75) is 30.7 Å². The van der Waals surface area contributed by atoms with E-state index in [0.717, 1.165) is 24.5 Å². The Kier molecular flexibility index (Phi) is 6.68. The molecule has 0 aliphatic carbocycles. The van der Waals surface area contributed by atoms with Crippen molar-refractivity contribution in [2.24, 2.45) is 0 Å². The molecule has 1 saturated heterocycles.